The molecule has 2 rings (SSSR count). The quantitative estimate of drug-likeness (QED) is 0.748. The number of hydrogen-bond donors (Lipinski definition) is 1. The summed E-state index contributed by atoms with van der Waals surface area (Å²) in [7, 11) is 1.51. The van der Waals surface area contributed by atoms with Crippen LogP contribution in [0.5, 0.6) is 0 Å². The summed E-state index contributed by atoms with van der Waals surface area (Å²) in [5.41, 5.74) is 0.902. The van der Waals surface area contributed by atoms with Crippen molar-refractivity contribution in [3.63, 3.8) is 0 Å². The van der Waals surface area contributed by atoms with Crippen LogP contribution in [0.25, 0.3) is 0 Å². The van der Waals surface area contributed by atoms with E-state index in [1.807, 2.05) is 0 Å². The standard InChI is InChI=1S/C9H8ClNO3S/c10-15(13,14)8-3-1-2-7-6(8)4-5-11-9(7)12/h1-3H,4-5H2,(H,11,12). The Bertz CT molecular complexity index is 524. The first-order valence-corrected chi connectivity index (χ1v) is 6.66. The van der Waals surface area contributed by atoms with Crippen LogP contribution in [0.3, 0.4) is 0 Å². The zero-order chi connectivity index (χ0) is 11.1. The zero-order valence-electron chi connectivity index (χ0n) is 7.66. The summed E-state index contributed by atoms with van der Waals surface area (Å²) in [6.07, 6.45) is 0.489. The van der Waals surface area contributed by atoms with Crippen LogP contribution in [0.2, 0.25) is 0 Å². The van der Waals surface area contributed by atoms with E-state index < -0.39 is 9.05 Å². The minimum atomic E-state index is -3.78. The van der Waals surface area contributed by atoms with Crippen LogP contribution in [0.15, 0.2) is 23.1 Å². The topological polar surface area (TPSA) is 63.2 Å². The van der Waals surface area contributed by atoms with Crippen molar-refractivity contribution >= 4 is 25.6 Å². The van der Waals surface area contributed by atoms with Gasteiger partial charge in [-0.05, 0) is 24.1 Å². The van der Waals surface area contributed by atoms with Gasteiger partial charge >= 0.3 is 0 Å². The average Bonchev–Trinajstić information content (AvgIpc) is 2.16. The highest BCUT2D eigenvalue weighted by atomic mass is 35.7. The highest BCUT2D eigenvalue weighted by Gasteiger charge is 2.24. The van der Waals surface area contributed by atoms with Crippen molar-refractivity contribution in [1.82, 2.24) is 5.32 Å². The molecule has 0 radical (unpaired) electrons. The molecular weight excluding hydrogens is 238 g/mol. The number of fused-ring (bicyclic) bond motifs is 1. The van der Waals surface area contributed by atoms with E-state index in [4.69, 9.17) is 10.7 Å². The van der Waals surface area contributed by atoms with Gasteiger partial charge in [-0.3, -0.25) is 4.79 Å². The lowest BCUT2D eigenvalue weighted by Crippen LogP contribution is -2.32. The van der Waals surface area contributed by atoms with Gasteiger partial charge in [0.05, 0.1) is 4.90 Å². The Morgan fingerprint density at radius 2 is 2.07 bits per heavy atom. The van der Waals surface area contributed by atoms with Gasteiger partial charge in [0.1, 0.15) is 0 Å². The molecule has 4 nitrogen and oxygen atoms in total. The van der Waals surface area contributed by atoms with Gasteiger partial charge in [0.25, 0.3) is 15.0 Å². The fourth-order valence-corrected chi connectivity index (χ4v) is 2.84. The van der Waals surface area contributed by atoms with Gasteiger partial charge in [-0.15, -0.1) is 0 Å². The second-order valence-corrected chi connectivity index (χ2v) is 5.76. The maximum absolute atomic E-state index is 11.4. The molecule has 1 aromatic rings. The first kappa shape index (κ1) is 10.4. The van der Waals surface area contributed by atoms with Gasteiger partial charge in [0.15, 0.2) is 0 Å². The summed E-state index contributed by atoms with van der Waals surface area (Å²) < 4.78 is 22.5. The smallest absolute Gasteiger partial charge is 0.261 e. The molecule has 0 spiro atoms. The first-order chi connectivity index (χ1) is 7.00. The number of amides is 1. The third-order valence-electron chi connectivity index (χ3n) is 2.30. The lowest BCUT2D eigenvalue weighted by atomic mass is 10.0. The highest BCUT2D eigenvalue weighted by Crippen LogP contribution is 2.25. The molecule has 1 aliphatic heterocycles. The third kappa shape index (κ3) is 1.85. The molecular formula is C9H8ClNO3S. The minimum absolute atomic E-state index is 0.0384. The second kappa shape index (κ2) is 3.50. The maximum atomic E-state index is 11.4. The molecule has 0 fully saturated rings. The predicted molar refractivity (Wildman–Crippen MR) is 55.5 cm³/mol. The van der Waals surface area contributed by atoms with E-state index in [-0.39, 0.29) is 10.8 Å². The number of carbonyl (C=O) groups is 1. The molecule has 0 saturated heterocycles. The van der Waals surface area contributed by atoms with Crippen molar-refractivity contribution in [2.45, 2.75) is 11.3 Å². The Balaban J connectivity index is 2.70. The summed E-state index contributed by atoms with van der Waals surface area (Å²) in [6.45, 7) is 0.440. The number of nitrogens with one attached hydrogen (secondary N) is 1. The van der Waals surface area contributed by atoms with E-state index in [2.05, 4.69) is 5.32 Å². The van der Waals surface area contributed by atoms with Crippen LogP contribution < -0.4 is 5.32 Å². The van der Waals surface area contributed by atoms with E-state index in [1.54, 1.807) is 6.07 Å². The summed E-state index contributed by atoms with van der Waals surface area (Å²) in [5.74, 6) is -0.251. The van der Waals surface area contributed by atoms with Crippen LogP contribution in [-0.4, -0.2) is 20.9 Å². The molecule has 15 heavy (non-hydrogen) atoms. The maximum Gasteiger partial charge on any atom is 0.261 e. The van der Waals surface area contributed by atoms with Gasteiger partial charge in [0, 0.05) is 22.8 Å². The van der Waals surface area contributed by atoms with E-state index in [1.165, 1.54) is 12.1 Å². The number of carbonyl (C=O) groups excluding carboxylic acids is 1. The van der Waals surface area contributed by atoms with Crippen molar-refractivity contribution in [2.75, 3.05) is 6.54 Å². The lowest BCUT2D eigenvalue weighted by Gasteiger charge is -2.17. The van der Waals surface area contributed by atoms with Crippen molar-refractivity contribution < 1.29 is 13.2 Å². The monoisotopic (exact) mass is 245 g/mol. The predicted octanol–water partition coefficient (Wildman–Crippen LogP) is 0.900. The van der Waals surface area contributed by atoms with Crippen LogP contribution in [0, 0.1) is 0 Å². The number of hydrogen-bond acceptors (Lipinski definition) is 3. The molecule has 0 aliphatic carbocycles. The summed E-state index contributed by atoms with van der Waals surface area (Å²) >= 11 is 0. The number of halogens is 1. The van der Waals surface area contributed by atoms with Crippen LogP contribution >= 0.6 is 10.7 Å². The van der Waals surface area contributed by atoms with Crippen LogP contribution in [-0.2, 0) is 15.5 Å². The van der Waals surface area contributed by atoms with Gasteiger partial charge in [-0.1, -0.05) is 6.07 Å². The van der Waals surface area contributed by atoms with Crippen molar-refractivity contribution in [1.29, 1.82) is 0 Å². The highest BCUT2D eigenvalue weighted by molar-refractivity contribution is 8.13. The van der Waals surface area contributed by atoms with Crippen LogP contribution in [0.4, 0.5) is 0 Å². The van der Waals surface area contributed by atoms with Crippen LogP contribution in [0.1, 0.15) is 15.9 Å². The van der Waals surface area contributed by atoms with E-state index in [0.717, 1.165) is 0 Å². The summed E-state index contributed by atoms with van der Waals surface area (Å²) in [5, 5.41) is 2.64. The number of rotatable bonds is 1. The SMILES string of the molecule is O=C1NCCc2c1cccc2S(=O)(=O)Cl. The van der Waals surface area contributed by atoms with Gasteiger partial charge < -0.3 is 5.32 Å². The van der Waals surface area contributed by atoms with Crippen molar-refractivity contribution in [3.8, 4) is 0 Å². The molecule has 1 aromatic carbocycles. The Labute approximate surface area is 91.7 Å². The average molecular weight is 246 g/mol. The molecule has 0 saturated carbocycles. The fourth-order valence-electron chi connectivity index (χ4n) is 1.66. The molecule has 0 aromatic heterocycles. The van der Waals surface area contributed by atoms with Crippen molar-refractivity contribution in [3.05, 3.63) is 29.3 Å². The molecule has 1 amide bonds. The van der Waals surface area contributed by atoms with E-state index in [0.29, 0.717) is 24.1 Å². The zero-order valence-corrected chi connectivity index (χ0v) is 9.23. The Morgan fingerprint density at radius 1 is 1.33 bits per heavy atom. The molecule has 0 unspecified atom stereocenters. The van der Waals surface area contributed by atoms with E-state index in [9.17, 15) is 13.2 Å². The minimum Gasteiger partial charge on any atom is -0.352 e. The van der Waals surface area contributed by atoms with Gasteiger partial charge in [-0.2, -0.15) is 0 Å². The van der Waals surface area contributed by atoms with E-state index >= 15 is 0 Å². The summed E-state index contributed by atoms with van der Waals surface area (Å²) in [6, 6.07) is 4.52. The molecule has 0 atom stereocenters. The molecule has 1 N–H and O–H groups in total. The second-order valence-electron chi connectivity index (χ2n) is 3.23. The molecule has 80 valence electrons. The third-order valence-corrected chi connectivity index (χ3v) is 3.71. The Morgan fingerprint density at radius 3 is 2.73 bits per heavy atom. The fraction of sp³-hybridized carbons (Fsp3) is 0.222. The molecule has 1 aliphatic rings. The molecule has 0 bridgehead atoms. The normalized spacial score (nSPS) is 15.7. The molecule has 1 heterocycles. The Kier molecular flexibility index (Phi) is 2.44. The summed E-state index contributed by atoms with van der Waals surface area (Å²) in [4.78, 5) is 11.5. The van der Waals surface area contributed by atoms with Crippen molar-refractivity contribution in [2.24, 2.45) is 0 Å². The Hall–Kier alpha value is -1.07. The largest absolute Gasteiger partial charge is 0.352 e. The lowest BCUT2D eigenvalue weighted by molar-refractivity contribution is 0.0945. The number of benzene rings is 1. The first-order valence-electron chi connectivity index (χ1n) is 4.35. The molecule has 6 heteroatoms. The van der Waals surface area contributed by atoms with Gasteiger partial charge in [0.2, 0.25) is 0 Å². The van der Waals surface area contributed by atoms with Gasteiger partial charge in [-0.25, -0.2) is 8.42 Å².